The number of imide groups is 1. The molecule has 10 heteroatoms. The van der Waals surface area contributed by atoms with Crippen molar-refractivity contribution in [3.05, 3.63) is 81.8 Å². The molecule has 2 aromatic carbocycles. The predicted molar refractivity (Wildman–Crippen MR) is 132 cm³/mol. The van der Waals surface area contributed by atoms with E-state index in [1.807, 2.05) is 38.1 Å². The maximum atomic E-state index is 13.2. The molecule has 0 saturated heterocycles. The van der Waals surface area contributed by atoms with E-state index >= 15 is 0 Å². The number of hydrogen-bond donors (Lipinski definition) is 1. The van der Waals surface area contributed by atoms with E-state index in [4.69, 9.17) is 11.3 Å². The molecule has 0 unspecified atom stereocenters. The van der Waals surface area contributed by atoms with Crippen molar-refractivity contribution in [3.8, 4) is 0 Å². The lowest BCUT2D eigenvalue weighted by Crippen LogP contribution is -2.47. The van der Waals surface area contributed by atoms with Gasteiger partial charge >= 0.3 is 11.9 Å². The summed E-state index contributed by atoms with van der Waals surface area (Å²) in [6.07, 6.45) is 0. The van der Waals surface area contributed by atoms with Gasteiger partial charge in [0.2, 0.25) is 0 Å². The molecular formula is C26H24N4O6. The van der Waals surface area contributed by atoms with Gasteiger partial charge in [-0.3, -0.25) is 14.5 Å². The van der Waals surface area contributed by atoms with Gasteiger partial charge in [-0.15, -0.1) is 0 Å². The van der Waals surface area contributed by atoms with E-state index in [0.29, 0.717) is 5.69 Å². The van der Waals surface area contributed by atoms with Crippen LogP contribution in [0, 0.1) is 13.5 Å². The Labute approximate surface area is 207 Å². The smallest absolute Gasteiger partial charge is 0.339 e. The fourth-order valence-electron chi connectivity index (χ4n) is 3.57. The largest absolute Gasteiger partial charge is 0.478 e. The second-order valence-electron chi connectivity index (χ2n) is 8.16. The highest BCUT2D eigenvalue weighted by molar-refractivity contribution is 6.51. The van der Waals surface area contributed by atoms with Crippen LogP contribution in [0.25, 0.3) is 4.85 Å². The number of carbonyl (C=O) groups is 4. The minimum absolute atomic E-state index is 0.0520. The Hall–Kier alpha value is -4.78. The number of aryl methyl sites for hydroxylation is 1. The predicted octanol–water partition coefficient (Wildman–Crippen LogP) is 3.25. The molecule has 1 aliphatic heterocycles. The molecule has 184 valence electrons. The summed E-state index contributed by atoms with van der Waals surface area (Å²) in [7, 11) is 3.80. The van der Waals surface area contributed by atoms with E-state index in [2.05, 4.69) is 9.84 Å². The fourth-order valence-corrected chi connectivity index (χ4v) is 3.57. The van der Waals surface area contributed by atoms with Crippen molar-refractivity contribution < 1.29 is 29.0 Å². The normalized spacial score (nSPS) is 14.6. The molecule has 1 heterocycles. The minimum atomic E-state index is -1.29. The highest BCUT2D eigenvalue weighted by Gasteiger charge is 2.37. The van der Waals surface area contributed by atoms with Gasteiger partial charge in [0.05, 0.1) is 29.9 Å². The van der Waals surface area contributed by atoms with E-state index in [-0.39, 0.29) is 34.7 Å². The molecular weight excluding hydrogens is 464 g/mol. The number of anilines is 1. The van der Waals surface area contributed by atoms with Crippen molar-refractivity contribution >= 4 is 40.8 Å². The fraction of sp³-hybridized carbons (Fsp3) is 0.231. The number of hydrogen-bond acceptors (Lipinski definition) is 7. The maximum Gasteiger partial charge on any atom is 0.339 e. The van der Waals surface area contributed by atoms with Crippen LogP contribution in [0.2, 0.25) is 0 Å². The van der Waals surface area contributed by atoms with Gasteiger partial charge in [-0.1, -0.05) is 12.1 Å². The third kappa shape index (κ3) is 5.15. The summed E-state index contributed by atoms with van der Waals surface area (Å²) in [5.74, 6) is -3.73. The van der Waals surface area contributed by atoms with E-state index in [1.54, 1.807) is 6.07 Å². The number of ether oxygens (including phenoxy) is 1. The van der Waals surface area contributed by atoms with Crippen LogP contribution < -0.4 is 4.90 Å². The average Bonchev–Trinajstić information content (AvgIpc) is 2.84. The SMILES string of the molecule is [C-]#[N+]C1=C(C)C(=Nc2ccc(N(C)C)cc2C)C(=O)N(CCOC(=O)c2ccccc2C(=O)O)C1=O. The zero-order valence-corrected chi connectivity index (χ0v) is 20.2. The van der Waals surface area contributed by atoms with Crippen molar-refractivity contribution in [1.82, 2.24) is 4.90 Å². The molecule has 2 amide bonds. The Balaban J connectivity index is 1.85. The van der Waals surface area contributed by atoms with Crippen LogP contribution >= 0.6 is 0 Å². The van der Waals surface area contributed by atoms with E-state index < -0.39 is 30.4 Å². The number of amides is 2. The van der Waals surface area contributed by atoms with Gasteiger partial charge in [-0.05, 0) is 55.3 Å². The van der Waals surface area contributed by atoms with Gasteiger partial charge in [-0.25, -0.2) is 19.4 Å². The number of esters is 1. The first-order chi connectivity index (χ1) is 17.1. The first-order valence-electron chi connectivity index (χ1n) is 10.9. The van der Waals surface area contributed by atoms with E-state index in [1.165, 1.54) is 31.2 Å². The number of nitrogens with zero attached hydrogens (tertiary/aromatic N) is 4. The van der Waals surface area contributed by atoms with Crippen LogP contribution in [-0.4, -0.2) is 66.7 Å². The number of carboxylic acid groups (broad SMARTS) is 1. The quantitative estimate of drug-likeness (QED) is 0.361. The van der Waals surface area contributed by atoms with Crippen LogP contribution in [-0.2, 0) is 14.3 Å². The lowest BCUT2D eigenvalue weighted by atomic mass is 10.0. The van der Waals surface area contributed by atoms with Crippen LogP contribution in [0.5, 0.6) is 0 Å². The van der Waals surface area contributed by atoms with Crippen molar-refractivity contribution in [3.63, 3.8) is 0 Å². The summed E-state index contributed by atoms with van der Waals surface area (Å²) in [6.45, 7) is 10.0. The van der Waals surface area contributed by atoms with Crippen LogP contribution in [0.1, 0.15) is 33.2 Å². The first-order valence-corrected chi connectivity index (χ1v) is 10.9. The van der Waals surface area contributed by atoms with Crippen LogP contribution in [0.3, 0.4) is 0 Å². The lowest BCUT2D eigenvalue weighted by molar-refractivity contribution is -0.139. The monoisotopic (exact) mass is 488 g/mol. The summed E-state index contributed by atoms with van der Waals surface area (Å²) < 4.78 is 5.14. The Morgan fingerprint density at radius 2 is 1.75 bits per heavy atom. The Kier molecular flexibility index (Phi) is 7.64. The van der Waals surface area contributed by atoms with Gasteiger partial charge < -0.3 is 14.7 Å². The lowest BCUT2D eigenvalue weighted by Gasteiger charge is -2.26. The van der Waals surface area contributed by atoms with Crippen molar-refractivity contribution in [2.75, 3.05) is 32.1 Å². The average molecular weight is 489 g/mol. The Bertz CT molecular complexity index is 1370. The van der Waals surface area contributed by atoms with Gasteiger partial charge in [0.25, 0.3) is 17.5 Å². The van der Waals surface area contributed by atoms with Crippen LogP contribution in [0.15, 0.2) is 58.7 Å². The van der Waals surface area contributed by atoms with Crippen molar-refractivity contribution in [1.29, 1.82) is 0 Å². The van der Waals surface area contributed by atoms with Gasteiger partial charge in [0, 0.05) is 19.8 Å². The Morgan fingerprint density at radius 1 is 1.08 bits per heavy atom. The van der Waals surface area contributed by atoms with Crippen molar-refractivity contribution in [2.45, 2.75) is 13.8 Å². The zero-order chi connectivity index (χ0) is 26.6. The first kappa shape index (κ1) is 25.8. The molecule has 0 spiro atoms. The number of aromatic carboxylic acids is 1. The molecule has 0 radical (unpaired) electrons. The molecule has 3 rings (SSSR count). The number of carbonyl (C=O) groups excluding carboxylic acids is 3. The second kappa shape index (κ2) is 10.7. The molecule has 10 nitrogen and oxygen atoms in total. The van der Waals surface area contributed by atoms with E-state index in [9.17, 15) is 24.3 Å². The van der Waals surface area contributed by atoms with Gasteiger partial charge in [-0.2, -0.15) is 0 Å². The molecule has 2 aromatic rings. The molecule has 0 fully saturated rings. The molecule has 0 bridgehead atoms. The number of aliphatic imine (C=N–C) groups is 1. The summed E-state index contributed by atoms with van der Waals surface area (Å²) in [4.78, 5) is 60.2. The topological polar surface area (TPSA) is 121 Å². The number of rotatable bonds is 7. The summed E-state index contributed by atoms with van der Waals surface area (Å²) in [5.41, 5.74) is 1.74. The third-order valence-electron chi connectivity index (χ3n) is 5.57. The molecule has 0 aromatic heterocycles. The van der Waals surface area contributed by atoms with Crippen LogP contribution in [0.4, 0.5) is 11.4 Å². The molecule has 1 N–H and O–H groups in total. The molecule has 0 saturated carbocycles. The molecule has 0 atom stereocenters. The highest BCUT2D eigenvalue weighted by Crippen LogP contribution is 2.27. The van der Waals surface area contributed by atoms with Crippen molar-refractivity contribution in [2.24, 2.45) is 4.99 Å². The standard InChI is InChI=1S/C26H24N4O6/c1-15-14-17(29(4)5)10-11-20(15)28-22-16(2)21(27-3)23(31)30(24(22)32)12-13-36-26(35)19-9-7-6-8-18(19)25(33)34/h6-11,14H,12-13H2,1-2,4-5H3,(H,33,34). The highest BCUT2D eigenvalue weighted by atomic mass is 16.5. The molecule has 1 aliphatic rings. The number of benzene rings is 2. The van der Waals surface area contributed by atoms with Gasteiger partial charge in [0.1, 0.15) is 12.3 Å². The Morgan fingerprint density at radius 3 is 2.33 bits per heavy atom. The molecule has 0 aliphatic carbocycles. The summed E-state index contributed by atoms with van der Waals surface area (Å²) >= 11 is 0. The number of carboxylic acids is 1. The minimum Gasteiger partial charge on any atom is -0.478 e. The van der Waals surface area contributed by atoms with Gasteiger partial charge in [0.15, 0.2) is 0 Å². The zero-order valence-electron chi connectivity index (χ0n) is 20.2. The third-order valence-corrected chi connectivity index (χ3v) is 5.57. The molecule has 36 heavy (non-hydrogen) atoms. The maximum absolute atomic E-state index is 13.2. The summed E-state index contributed by atoms with van der Waals surface area (Å²) in [6, 6.07) is 11.0. The summed E-state index contributed by atoms with van der Waals surface area (Å²) in [5, 5.41) is 9.25. The van der Waals surface area contributed by atoms with E-state index in [0.717, 1.165) is 16.2 Å². The second-order valence-corrected chi connectivity index (χ2v) is 8.16.